The number of halogens is 1. The predicted molar refractivity (Wildman–Crippen MR) is 78.9 cm³/mol. The SMILES string of the molecule is O=C(/C=C/c1ccc(Br)cc1)c1ccc(O)c(O)c1O. The molecule has 2 aromatic carbocycles. The minimum absolute atomic E-state index is 0.0753. The van der Waals surface area contributed by atoms with Crippen molar-refractivity contribution in [1.82, 2.24) is 0 Å². The van der Waals surface area contributed by atoms with E-state index in [4.69, 9.17) is 0 Å². The molecule has 0 bridgehead atoms. The van der Waals surface area contributed by atoms with Crippen LogP contribution in [0.1, 0.15) is 15.9 Å². The number of hydrogen-bond acceptors (Lipinski definition) is 4. The van der Waals surface area contributed by atoms with Gasteiger partial charge in [-0.15, -0.1) is 0 Å². The molecule has 0 aliphatic rings. The third kappa shape index (κ3) is 3.00. The van der Waals surface area contributed by atoms with Crippen molar-refractivity contribution in [3.63, 3.8) is 0 Å². The molecular formula is C15H11BrO4. The Morgan fingerprint density at radius 3 is 2.25 bits per heavy atom. The molecule has 0 radical (unpaired) electrons. The van der Waals surface area contributed by atoms with Crippen LogP contribution in [0.3, 0.4) is 0 Å². The van der Waals surface area contributed by atoms with Gasteiger partial charge in [0.05, 0.1) is 5.56 Å². The first-order valence-electron chi connectivity index (χ1n) is 5.71. The summed E-state index contributed by atoms with van der Waals surface area (Å²) < 4.78 is 0.932. The summed E-state index contributed by atoms with van der Waals surface area (Å²) in [6.07, 6.45) is 2.88. The van der Waals surface area contributed by atoms with Crippen LogP contribution < -0.4 is 0 Å². The van der Waals surface area contributed by atoms with Gasteiger partial charge in [-0.2, -0.15) is 0 Å². The highest BCUT2D eigenvalue weighted by Gasteiger charge is 2.15. The Kier molecular flexibility index (Phi) is 4.10. The van der Waals surface area contributed by atoms with Gasteiger partial charge in [-0.05, 0) is 35.9 Å². The van der Waals surface area contributed by atoms with Crippen LogP contribution in [-0.4, -0.2) is 21.1 Å². The van der Waals surface area contributed by atoms with Gasteiger partial charge in [-0.25, -0.2) is 0 Å². The molecule has 0 atom stereocenters. The van der Waals surface area contributed by atoms with E-state index in [-0.39, 0.29) is 5.56 Å². The number of carbonyl (C=O) groups excluding carboxylic acids is 1. The molecular weight excluding hydrogens is 324 g/mol. The Balaban J connectivity index is 2.24. The zero-order valence-corrected chi connectivity index (χ0v) is 11.8. The molecule has 2 rings (SSSR count). The average molecular weight is 335 g/mol. The summed E-state index contributed by atoms with van der Waals surface area (Å²) in [5.41, 5.74) is 0.748. The van der Waals surface area contributed by atoms with E-state index in [1.54, 1.807) is 6.08 Å². The van der Waals surface area contributed by atoms with E-state index < -0.39 is 23.0 Å². The Bertz CT molecular complexity index is 675. The monoisotopic (exact) mass is 334 g/mol. The maximum absolute atomic E-state index is 11.9. The van der Waals surface area contributed by atoms with Crippen LogP contribution in [0.25, 0.3) is 6.08 Å². The molecule has 102 valence electrons. The zero-order valence-electron chi connectivity index (χ0n) is 10.2. The number of ketones is 1. The van der Waals surface area contributed by atoms with Gasteiger partial charge in [0.2, 0.25) is 5.75 Å². The second-order valence-corrected chi connectivity index (χ2v) is 4.99. The summed E-state index contributed by atoms with van der Waals surface area (Å²) >= 11 is 3.31. The molecule has 20 heavy (non-hydrogen) atoms. The largest absolute Gasteiger partial charge is 0.504 e. The van der Waals surface area contributed by atoms with E-state index in [2.05, 4.69) is 15.9 Å². The van der Waals surface area contributed by atoms with Crippen LogP contribution in [0.4, 0.5) is 0 Å². The number of phenolic OH excluding ortho intramolecular Hbond substituents is 3. The highest BCUT2D eigenvalue weighted by Crippen LogP contribution is 2.37. The highest BCUT2D eigenvalue weighted by atomic mass is 79.9. The van der Waals surface area contributed by atoms with Crippen molar-refractivity contribution < 1.29 is 20.1 Å². The molecule has 0 aromatic heterocycles. The summed E-state index contributed by atoms with van der Waals surface area (Å²) in [7, 11) is 0. The molecule has 0 spiro atoms. The van der Waals surface area contributed by atoms with E-state index in [9.17, 15) is 20.1 Å². The molecule has 4 nitrogen and oxygen atoms in total. The van der Waals surface area contributed by atoms with Crippen molar-refractivity contribution in [2.45, 2.75) is 0 Å². The van der Waals surface area contributed by atoms with Crippen LogP contribution in [0.15, 0.2) is 46.9 Å². The minimum atomic E-state index is -0.701. The van der Waals surface area contributed by atoms with Crippen molar-refractivity contribution in [3.8, 4) is 17.2 Å². The molecule has 2 aromatic rings. The van der Waals surface area contributed by atoms with Crippen molar-refractivity contribution >= 4 is 27.8 Å². The highest BCUT2D eigenvalue weighted by molar-refractivity contribution is 9.10. The number of phenols is 3. The van der Waals surface area contributed by atoms with E-state index in [0.717, 1.165) is 16.1 Å². The van der Waals surface area contributed by atoms with E-state index >= 15 is 0 Å². The quantitative estimate of drug-likeness (QED) is 0.456. The predicted octanol–water partition coefficient (Wildman–Crippen LogP) is 3.46. The van der Waals surface area contributed by atoms with Crippen LogP contribution in [-0.2, 0) is 0 Å². The maximum atomic E-state index is 11.9. The Morgan fingerprint density at radius 1 is 0.950 bits per heavy atom. The lowest BCUT2D eigenvalue weighted by atomic mass is 10.1. The average Bonchev–Trinajstić information content (AvgIpc) is 2.44. The fourth-order valence-corrected chi connectivity index (χ4v) is 1.87. The topological polar surface area (TPSA) is 77.8 Å². The van der Waals surface area contributed by atoms with Gasteiger partial charge in [0.1, 0.15) is 0 Å². The third-order valence-electron chi connectivity index (χ3n) is 2.69. The summed E-state index contributed by atoms with van der Waals surface area (Å²) in [5, 5.41) is 28.2. The Morgan fingerprint density at radius 2 is 1.60 bits per heavy atom. The molecule has 0 aliphatic heterocycles. The standard InChI is InChI=1S/C15H11BrO4/c16-10-4-1-9(2-5-10)3-7-12(17)11-6-8-13(18)15(20)14(11)19/h1-8,18-20H/b7-3+. The van der Waals surface area contributed by atoms with Gasteiger partial charge in [0.25, 0.3) is 0 Å². The summed E-state index contributed by atoms with van der Waals surface area (Å²) in [5.74, 6) is -2.28. The fraction of sp³-hybridized carbons (Fsp3) is 0. The maximum Gasteiger partial charge on any atom is 0.201 e. The number of rotatable bonds is 3. The lowest BCUT2D eigenvalue weighted by molar-refractivity contribution is 0.104. The van der Waals surface area contributed by atoms with Gasteiger partial charge in [0, 0.05) is 4.47 Å². The van der Waals surface area contributed by atoms with Gasteiger partial charge >= 0.3 is 0 Å². The van der Waals surface area contributed by atoms with Crippen LogP contribution in [0, 0.1) is 0 Å². The number of carbonyl (C=O) groups is 1. The molecule has 0 amide bonds. The summed E-state index contributed by atoms with van der Waals surface area (Å²) in [6, 6.07) is 9.72. The Hall–Kier alpha value is -2.27. The second kappa shape index (κ2) is 5.79. The van der Waals surface area contributed by atoms with E-state index in [0.29, 0.717) is 0 Å². The van der Waals surface area contributed by atoms with Crippen LogP contribution >= 0.6 is 15.9 Å². The van der Waals surface area contributed by atoms with Gasteiger partial charge in [-0.1, -0.05) is 34.1 Å². The number of hydrogen-bond donors (Lipinski definition) is 3. The molecule has 0 fully saturated rings. The molecule has 0 saturated carbocycles. The molecule has 0 aliphatic carbocycles. The normalized spacial score (nSPS) is 10.8. The van der Waals surface area contributed by atoms with Crippen molar-refractivity contribution in [1.29, 1.82) is 0 Å². The first kappa shape index (κ1) is 14.1. The fourth-order valence-electron chi connectivity index (χ4n) is 1.60. The van der Waals surface area contributed by atoms with E-state index in [1.165, 1.54) is 12.1 Å². The molecule has 0 unspecified atom stereocenters. The smallest absolute Gasteiger partial charge is 0.201 e. The minimum Gasteiger partial charge on any atom is -0.504 e. The van der Waals surface area contributed by atoms with Crippen molar-refractivity contribution in [3.05, 3.63) is 58.1 Å². The van der Waals surface area contributed by atoms with Gasteiger partial charge < -0.3 is 15.3 Å². The molecule has 3 N–H and O–H groups in total. The summed E-state index contributed by atoms with van der Waals surface area (Å²) in [4.78, 5) is 11.9. The Labute approximate surface area is 123 Å². The second-order valence-electron chi connectivity index (χ2n) is 4.08. The lowest BCUT2D eigenvalue weighted by Gasteiger charge is -2.04. The van der Waals surface area contributed by atoms with Crippen molar-refractivity contribution in [2.24, 2.45) is 0 Å². The number of benzene rings is 2. The van der Waals surface area contributed by atoms with Crippen molar-refractivity contribution in [2.75, 3.05) is 0 Å². The molecule has 0 saturated heterocycles. The summed E-state index contributed by atoms with van der Waals surface area (Å²) in [6.45, 7) is 0. The molecule has 0 heterocycles. The molecule has 5 heteroatoms. The first-order valence-corrected chi connectivity index (χ1v) is 6.50. The lowest BCUT2D eigenvalue weighted by Crippen LogP contribution is -1.95. The van der Waals surface area contributed by atoms with Crippen LogP contribution in [0.2, 0.25) is 0 Å². The first-order chi connectivity index (χ1) is 9.49. The zero-order chi connectivity index (χ0) is 14.7. The number of aromatic hydroxyl groups is 3. The van der Waals surface area contributed by atoms with E-state index in [1.807, 2.05) is 24.3 Å². The van der Waals surface area contributed by atoms with Crippen LogP contribution in [0.5, 0.6) is 17.2 Å². The number of allylic oxidation sites excluding steroid dienone is 1. The third-order valence-corrected chi connectivity index (χ3v) is 3.22. The van der Waals surface area contributed by atoms with Gasteiger partial charge in [0.15, 0.2) is 17.3 Å². The van der Waals surface area contributed by atoms with Gasteiger partial charge in [-0.3, -0.25) is 4.79 Å².